The molecule has 0 radical (unpaired) electrons. The lowest BCUT2D eigenvalue weighted by Crippen LogP contribution is -2.26. The van der Waals surface area contributed by atoms with Crippen LogP contribution in [0.15, 0.2) is 24.3 Å². The van der Waals surface area contributed by atoms with Crippen molar-refractivity contribution in [2.24, 2.45) is 5.92 Å². The highest BCUT2D eigenvalue weighted by molar-refractivity contribution is 6.33. The average molecular weight is 278 g/mol. The van der Waals surface area contributed by atoms with Crippen molar-refractivity contribution in [3.8, 4) is 11.4 Å². The molecule has 0 bridgehead atoms. The van der Waals surface area contributed by atoms with Gasteiger partial charge in [-0.05, 0) is 18.6 Å². The zero-order valence-electron chi connectivity index (χ0n) is 10.1. The number of carbonyl (C=O) groups is 1. The Balaban J connectivity index is 2.00. The number of hydrogen-bond acceptors (Lipinski definition) is 3. The number of aromatic nitrogens is 3. The number of benzene rings is 1. The summed E-state index contributed by atoms with van der Waals surface area (Å²) in [4.78, 5) is 11.0. The first-order valence-electron chi connectivity index (χ1n) is 6.06. The molecule has 6 heteroatoms. The third-order valence-corrected chi connectivity index (χ3v) is 3.75. The van der Waals surface area contributed by atoms with Gasteiger partial charge < -0.3 is 9.67 Å². The van der Waals surface area contributed by atoms with Crippen LogP contribution in [0.3, 0.4) is 0 Å². The fraction of sp³-hybridized carbons (Fsp3) is 0.308. The Bertz CT molecular complexity index is 639. The molecule has 2 aromatic rings. The SMILES string of the molecule is O=C(O)C1CCn2c(nnc2-c2ccccc2Cl)C1. The molecule has 1 aliphatic rings. The summed E-state index contributed by atoms with van der Waals surface area (Å²) in [7, 11) is 0. The van der Waals surface area contributed by atoms with E-state index in [-0.39, 0.29) is 5.92 Å². The number of hydrogen-bond donors (Lipinski definition) is 1. The van der Waals surface area contributed by atoms with E-state index < -0.39 is 5.97 Å². The number of aliphatic carboxylic acids is 1. The second-order valence-corrected chi connectivity index (χ2v) is 5.01. The van der Waals surface area contributed by atoms with Crippen molar-refractivity contribution in [3.63, 3.8) is 0 Å². The minimum absolute atomic E-state index is 0.365. The third kappa shape index (κ3) is 2.10. The van der Waals surface area contributed by atoms with Crippen LogP contribution in [-0.2, 0) is 17.8 Å². The highest BCUT2D eigenvalue weighted by Crippen LogP contribution is 2.29. The number of nitrogens with zero attached hydrogens (tertiary/aromatic N) is 3. The molecule has 1 aromatic heterocycles. The van der Waals surface area contributed by atoms with Gasteiger partial charge in [-0.3, -0.25) is 4.79 Å². The van der Waals surface area contributed by atoms with E-state index in [1.165, 1.54) is 0 Å². The van der Waals surface area contributed by atoms with E-state index in [0.29, 0.717) is 36.1 Å². The molecular weight excluding hydrogens is 266 g/mol. The second kappa shape index (κ2) is 4.66. The van der Waals surface area contributed by atoms with Gasteiger partial charge in [0, 0.05) is 18.5 Å². The topological polar surface area (TPSA) is 68.0 Å². The van der Waals surface area contributed by atoms with E-state index >= 15 is 0 Å². The summed E-state index contributed by atoms with van der Waals surface area (Å²) in [6.45, 7) is 0.611. The summed E-state index contributed by atoms with van der Waals surface area (Å²) in [5.41, 5.74) is 0.830. The first-order chi connectivity index (χ1) is 9.16. The maximum absolute atomic E-state index is 11.0. The zero-order chi connectivity index (χ0) is 13.4. The Morgan fingerprint density at radius 1 is 1.37 bits per heavy atom. The molecule has 5 nitrogen and oxygen atoms in total. The summed E-state index contributed by atoms with van der Waals surface area (Å²) < 4.78 is 1.96. The standard InChI is InChI=1S/C13H12ClN3O2/c14-10-4-2-1-3-9(10)12-16-15-11-7-8(13(18)19)5-6-17(11)12/h1-4,8H,5-7H2,(H,18,19). The molecule has 19 heavy (non-hydrogen) atoms. The number of carboxylic acids is 1. The summed E-state index contributed by atoms with van der Waals surface area (Å²) >= 11 is 6.16. The maximum Gasteiger partial charge on any atom is 0.307 e. The Hall–Kier alpha value is -1.88. The van der Waals surface area contributed by atoms with Crippen LogP contribution >= 0.6 is 11.6 Å². The largest absolute Gasteiger partial charge is 0.481 e. The van der Waals surface area contributed by atoms with E-state index in [1.54, 1.807) is 6.07 Å². The summed E-state index contributed by atoms with van der Waals surface area (Å²) in [6.07, 6.45) is 1.02. The Kier molecular flexibility index (Phi) is 2.98. The molecule has 0 saturated carbocycles. The molecule has 1 N–H and O–H groups in total. The number of rotatable bonds is 2. The highest BCUT2D eigenvalue weighted by atomic mass is 35.5. The number of carboxylic acid groups (broad SMARTS) is 1. The van der Waals surface area contributed by atoms with Gasteiger partial charge in [-0.2, -0.15) is 0 Å². The Morgan fingerprint density at radius 3 is 2.89 bits per heavy atom. The quantitative estimate of drug-likeness (QED) is 0.914. The third-order valence-electron chi connectivity index (χ3n) is 3.42. The van der Waals surface area contributed by atoms with Crippen LogP contribution in [0.5, 0.6) is 0 Å². The molecule has 98 valence electrons. The number of halogens is 1. The molecule has 1 aliphatic heterocycles. The first kappa shape index (κ1) is 12.2. The maximum atomic E-state index is 11.0. The number of fused-ring (bicyclic) bond motifs is 1. The van der Waals surface area contributed by atoms with E-state index in [9.17, 15) is 4.79 Å². The van der Waals surface area contributed by atoms with E-state index in [0.717, 1.165) is 5.56 Å². The van der Waals surface area contributed by atoms with Gasteiger partial charge in [0.2, 0.25) is 0 Å². The highest BCUT2D eigenvalue weighted by Gasteiger charge is 2.28. The zero-order valence-corrected chi connectivity index (χ0v) is 10.8. The van der Waals surface area contributed by atoms with Gasteiger partial charge in [0.15, 0.2) is 5.82 Å². The lowest BCUT2D eigenvalue weighted by molar-refractivity contribution is -0.142. The first-order valence-corrected chi connectivity index (χ1v) is 6.44. The van der Waals surface area contributed by atoms with Gasteiger partial charge >= 0.3 is 5.97 Å². The fourth-order valence-corrected chi connectivity index (χ4v) is 2.60. The molecule has 2 heterocycles. The van der Waals surface area contributed by atoms with Crippen LogP contribution in [-0.4, -0.2) is 25.8 Å². The van der Waals surface area contributed by atoms with Gasteiger partial charge in [-0.15, -0.1) is 10.2 Å². The molecule has 0 saturated heterocycles. The van der Waals surface area contributed by atoms with Crippen LogP contribution in [0.1, 0.15) is 12.2 Å². The van der Waals surface area contributed by atoms with E-state index in [4.69, 9.17) is 16.7 Å². The van der Waals surface area contributed by atoms with Crippen molar-refractivity contribution < 1.29 is 9.90 Å². The van der Waals surface area contributed by atoms with Gasteiger partial charge in [0.05, 0.1) is 10.9 Å². The lowest BCUT2D eigenvalue weighted by atomic mass is 9.98. The van der Waals surface area contributed by atoms with Crippen molar-refractivity contribution in [1.29, 1.82) is 0 Å². The summed E-state index contributed by atoms with van der Waals surface area (Å²) in [6, 6.07) is 7.45. The van der Waals surface area contributed by atoms with Crippen LogP contribution in [0, 0.1) is 5.92 Å². The Labute approximate surface area is 114 Å². The molecule has 1 aromatic carbocycles. The molecule has 0 spiro atoms. The molecule has 0 fully saturated rings. The van der Waals surface area contributed by atoms with Gasteiger partial charge in [-0.25, -0.2) is 0 Å². The molecule has 0 amide bonds. The van der Waals surface area contributed by atoms with Crippen LogP contribution in [0.2, 0.25) is 5.02 Å². The molecule has 3 rings (SSSR count). The predicted molar refractivity (Wildman–Crippen MR) is 69.9 cm³/mol. The summed E-state index contributed by atoms with van der Waals surface area (Å²) in [5, 5.41) is 17.9. The monoisotopic (exact) mass is 277 g/mol. The van der Waals surface area contributed by atoms with Crippen LogP contribution in [0.25, 0.3) is 11.4 Å². The molecule has 1 atom stereocenters. The van der Waals surface area contributed by atoms with Gasteiger partial charge in [0.1, 0.15) is 5.82 Å². The van der Waals surface area contributed by atoms with Gasteiger partial charge in [-0.1, -0.05) is 23.7 Å². The van der Waals surface area contributed by atoms with Crippen molar-refractivity contribution in [3.05, 3.63) is 35.1 Å². The van der Waals surface area contributed by atoms with Gasteiger partial charge in [0.25, 0.3) is 0 Å². The smallest absolute Gasteiger partial charge is 0.307 e. The molecule has 0 aliphatic carbocycles. The van der Waals surface area contributed by atoms with Crippen molar-refractivity contribution in [2.75, 3.05) is 0 Å². The minimum atomic E-state index is -0.770. The van der Waals surface area contributed by atoms with Crippen LogP contribution < -0.4 is 0 Å². The lowest BCUT2D eigenvalue weighted by Gasteiger charge is -2.20. The van der Waals surface area contributed by atoms with E-state index in [2.05, 4.69) is 10.2 Å². The van der Waals surface area contributed by atoms with Crippen molar-refractivity contribution in [1.82, 2.24) is 14.8 Å². The second-order valence-electron chi connectivity index (χ2n) is 4.60. The fourth-order valence-electron chi connectivity index (χ4n) is 2.38. The van der Waals surface area contributed by atoms with Crippen LogP contribution in [0.4, 0.5) is 0 Å². The molecule has 1 unspecified atom stereocenters. The predicted octanol–water partition coefficient (Wildman–Crippen LogP) is 2.25. The van der Waals surface area contributed by atoms with Crippen molar-refractivity contribution in [2.45, 2.75) is 19.4 Å². The Morgan fingerprint density at radius 2 is 2.16 bits per heavy atom. The normalized spacial score (nSPS) is 18.1. The average Bonchev–Trinajstić information content (AvgIpc) is 2.82. The summed E-state index contributed by atoms with van der Waals surface area (Å²) in [5.74, 6) is 0.294. The van der Waals surface area contributed by atoms with E-state index in [1.807, 2.05) is 22.8 Å². The minimum Gasteiger partial charge on any atom is -0.481 e. The molecular formula is C13H12ClN3O2. The van der Waals surface area contributed by atoms with Crippen molar-refractivity contribution >= 4 is 17.6 Å².